The van der Waals surface area contributed by atoms with E-state index in [9.17, 15) is 14.7 Å². The molecule has 8 rings (SSSR count). The second kappa shape index (κ2) is 9.81. The SMILES string of the molecule is COC(=O)N[C@H]1C[C@H]2C[C@H]1OCC[C@@H](O)c1ccc(cc1)-c1c(-c3cn(C)nc3F)[nH]c3ncc4c(c13)n2c(=O)n4C. The average Bonchev–Trinajstić information content (AvgIpc) is 3.71. The second-order valence-corrected chi connectivity index (χ2v) is 11.0. The lowest BCUT2D eigenvalue weighted by Crippen LogP contribution is -2.41. The third-order valence-corrected chi connectivity index (χ3v) is 8.56. The van der Waals surface area contributed by atoms with Gasteiger partial charge in [-0.2, -0.15) is 4.39 Å². The van der Waals surface area contributed by atoms with Gasteiger partial charge in [-0.05, 0) is 24.0 Å². The topological polar surface area (TPSA) is 141 Å². The van der Waals surface area contributed by atoms with Crippen molar-refractivity contribution in [1.29, 1.82) is 0 Å². The fourth-order valence-electron chi connectivity index (χ4n) is 6.54. The number of pyridine rings is 1. The van der Waals surface area contributed by atoms with Gasteiger partial charge in [-0.15, -0.1) is 5.10 Å². The zero-order chi connectivity index (χ0) is 29.3. The number of methoxy groups -OCH3 is 1. The summed E-state index contributed by atoms with van der Waals surface area (Å²) < 4.78 is 30.9. The number of carbonyl (C=O) groups is 1. The molecule has 4 aromatic heterocycles. The Balaban J connectivity index is 1.55. The molecule has 1 fully saturated rings. The number of amides is 1. The molecule has 1 saturated carbocycles. The lowest BCUT2D eigenvalue weighted by Gasteiger charge is -2.21. The highest BCUT2D eigenvalue weighted by atomic mass is 19.1. The zero-order valence-electron chi connectivity index (χ0n) is 23.3. The van der Waals surface area contributed by atoms with Crippen LogP contribution in [0.15, 0.2) is 41.5 Å². The van der Waals surface area contributed by atoms with Crippen molar-refractivity contribution in [1.82, 2.24) is 34.2 Å². The number of aromatic nitrogens is 6. The van der Waals surface area contributed by atoms with Crippen LogP contribution in [0.2, 0.25) is 0 Å². The Labute approximate surface area is 238 Å². The number of aliphatic hydroxyl groups is 1. The van der Waals surface area contributed by atoms with E-state index in [4.69, 9.17) is 9.47 Å². The third kappa shape index (κ3) is 4.02. The Kier molecular flexibility index (Phi) is 6.17. The Morgan fingerprint density at radius 3 is 2.74 bits per heavy atom. The van der Waals surface area contributed by atoms with Gasteiger partial charge < -0.3 is 24.9 Å². The summed E-state index contributed by atoms with van der Waals surface area (Å²) in [5.74, 6) is -0.641. The monoisotopic (exact) mass is 575 g/mol. The van der Waals surface area contributed by atoms with Gasteiger partial charge in [0.15, 0.2) is 0 Å². The summed E-state index contributed by atoms with van der Waals surface area (Å²) >= 11 is 0. The van der Waals surface area contributed by atoms with Crippen LogP contribution in [0.5, 0.6) is 0 Å². The lowest BCUT2D eigenvalue weighted by molar-refractivity contribution is 0.0166. The normalized spacial score (nSPS) is 22.1. The number of fused-ring (bicyclic) bond motifs is 5. The highest BCUT2D eigenvalue weighted by molar-refractivity contribution is 6.14. The van der Waals surface area contributed by atoms with E-state index in [1.807, 2.05) is 24.3 Å². The van der Waals surface area contributed by atoms with Crippen LogP contribution in [0.4, 0.5) is 9.18 Å². The molecule has 0 unspecified atom stereocenters. The molecule has 1 aliphatic carbocycles. The van der Waals surface area contributed by atoms with E-state index in [1.165, 1.54) is 11.8 Å². The first kappa shape index (κ1) is 26.4. The number of H-pyrrole nitrogens is 1. The van der Waals surface area contributed by atoms with Gasteiger partial charge >= 0.3 is 11.8 Å². The fraction of sp³-hybridized carbons (Fsp3) is 0.379. The van der Waals surface area contributed by atoms with E-state index < -0.39 is 30.3 Å². The van der Waals surface area contributed by atoms with Crippen molar-refractivity contribution in [3.63, 3.8) is 0 Å². The molecular weight excluding hydrogens is 545 g/mol. The molecule has 4 atom stereocenters. The number of benzene rings is 1. The van der Waals surface area contributed by atoms with E-state index >= 15 is 4.39 Å². The molecule has 1 amide bonds. The van der Waals surface area contributed by atoms with Crippen molar-refractivity contribution < 1.29 is 23.8 Å². The molecule has 5 aromatic rings. The maximum Gasteiger partial charge on any atom is 0.407 e. The number of aryl methyl sites for hydroxylation is 2. The standard InChI is InChI=1S/C29H30FN7O5/c1-35-13-17(26(30)34-35)24-22-15-6-4-14(5-7-15)20(38)8-9-42-21-11-16(10-18(21)32-28(39)41-3)37-25-19(36(2)29(37)40)12-31-27(33-24)23(22)25/h4-7,12-13,16,18,20-21,38H,8-11H2,1-3H3,(H,31,33)(H,32,39)/t16-,18-,20+,21+/m0/s1. The number of rotatable bonds is 2. The highest BCUT2D eigenvalue weighted by Gasteiger charge is 2.39. The van der Waals surface area contributed by atoms with E-state index in [0.717, 1.165) is 5.56 Å². The van der Waals surface area contributed by atoms with E-state index in [-0.39, 0.29) is 23.9 Å². The summed E-state index contributed by atoms with van der Waals surface area (Å²) in [6.45, 7) is 0.253. The van der Waals surface area contributed by atoms with Crippen molar-refractivity contribution in [2.45, 2.75) is 43.6 Å². The van der Waals surface area contributed by atoms with Gasteiger partial charge in [-0.25, -0.2) is 14.6 Å². The summed E-state index contributed by atoms with van der Waals surface area (Å²) in [5.41, 5.74) is 4.39. The van der Waals surface area contributed by atoms with Gasteiger partial charge in [0.2, 0.25) is 5.95 Å². The predicted molar refractivity (Wildman–Crippen MR) is 151 cm³/mol. The minimum Gasteiger partial charge on any atom is -0.453 e. The zero-order valence-corrected chi connectivity index (χ0v) is 23.3. The van der Waals surface area contributed by atoms with E-state index in [2.05, 4.69) is 20.4 Å². The van der Waals surface area contributed by atoms with Crippen molar-refractivity contribution in [2.24, 2.45) is 14.1 Å². The van der Waals surface area contributed by atoms with Crippen molar-refractivity contribution >= 4 is 28.2 Å². The Hall–Kier alpha value is -4.49. The lowest BCUT2D eigenvalue weighted by atomic mass is 9.97. The summed E-state index contributed by atoms with van der Waals surface area (Å²) in [6.07, 6.45) is 2.66. The molecule has 0 spiro atoms. The quantitative estimate of drug-likeness (QED) is 0.293. The summed E-state index contributed by atoms with van der Waals surface area (Å²) in [6, 6.07) is 6.67. The molecular formula is C29H30FN7O5. The molecule has 3 aliphatic rings. The van der Waals surface area contributed by atoms with Crippen LogP contribution in [0, 0.1) is 5.95 Å². The molecule has 0 saturated heterocycles. The number of nitrogens with one attached hydrogen (secondary N) is 2. The van der Waals surface area contributed by atoms with Crippen LogP contribution in [0.25, 0.3) is 44.5 Å². The Bertz CT molecular complexity index is 1900. The summed E-state index contributed by atoms with van der Waals surface area (Å²) in [4.78, 5) is 34.1. The fourth-order valence-corrected chi connectivity index (χ4v) is 6.54. The number of carbonyl (C=O) groups excluding carboxylic acids is 1. The molecule has 13 heteroatoms. The molecule has 0 radical (unpaired) electrons. The molecule has 3 N–H and O–H groups in total. The summed E-state index contributed by atoms with van der Waals surface area (Å²) in [7, 11) is 4.64. The van der Waals surface area contributed by atoms with Crippen LogP contribution in [-0.2, 0) is 23.6 Å². The Morgan fingerprint density at radius 2 is 2.02 bits per heavy atom. The second-order valence-electron chi connectivity index (χ2n) is 11.0. The molecule has 12 nitrogen and oxygen atoms in total. The maximum absolute atomic E-state index is 15.1. The number of alkyl carbamates (subject to hydrolysis) is 1. The maximum atomic E-state index is 15.1. The highest BCUT2D eigenvalue weighted by Crippen LogP contribution is 2.43. The van der Waals surface area contributed by atoms with Gasteiger partial charge in [0.25, 0.3) is 0 Å². The average molecular weight is 576 g/mol. The number of aliphatic hydroxyl groups excluding tert-OH is 1. The number of nitrogens with zero attached hydrogens (tertiary/aromatic N) is 5. The third-order valence-electron chi connectivity index (χ3n) is 8.56. The molecule has 218 valence electrons. The molecule has 42 heavy (non-hydrogen) atoms. The first-order valence-corrected chi connectivity index (χ1v) is 13.8. The minimum absolute atomic E-state index is 0.238. The van der Waals surface area contributed by atoms with Crippen LogP contribution in [0.3, 0.4) is 0 Å². The van der Waals surface area contributed by atoms with Crippen LogP contribution in [-0.4, -0.2) is 65.9 Å². The van der Waals surface area contributed by atoms with Crippen LogP contribution in [0.1, 0.15) is 37.0 Å². The van der Waals surface area contributed by atoms with Crippen molar-refractivity contribution in [3.8, 4) is 22.4 Å². The number of ether oxygens (including phenoxy) is 2. The summed E-state index contributed by atoms with van der Waals surface area (Å²) in [5, 5.41) is 18.4. The molecule has 4 bridgehead atoms. The minimum atomic E-state index is -0.777. The van der Waals surface area contributed by atoms with E-state index in [0.29, 0.717) is 58.2 Å². The van der Waals surface area contributed by atoms with Crippen LogP contribution >= 0.6 is 0 Å². The molecule has 1 aromatic carbocycles. The number of imidazole rings is 1. The van der Waals surface area contributed by atoms with Gasteiger partial charge in [0, 0.05) is 44.9 Å². The van der Waals surface area contributed by atoms with Crippen molar-refractivity contribution in [3.05, 3.63) is 58.7 Å². The number of halogens is 1. The van der Waals surface area contributed by atoms with Gasteiger partial charge in [0.05, 0.1) is 59.2 Å². The molecule has 2 aliphatic heterocycles. The number of hydrogen-bond donors (Lipinski definition) is 3. The van der Waals surface area contributed by atoms with E-state index in [1.54, 1.807) is 35.6 Å². The van der Waals surface area contributed by atoms with Gasteiger partial charge in [0.1, 0.15) is 5.65 Å². The van der Waals surface area contributed by atoms with Crippen molar-refractivity contribution in [2.75, 3.05) is 13.7 Å². The first-order valence-electron chi connectivity index (χ1n) is 13.8. The molecule has 6 heterocycles. The van der Waals surface area contributed by atoms with Gasteiger partial charge in [-0.1, -0.05) is 24.3 Å². The predicted octanol–water partition coefficient (Wildman–Crippen LogP) is 3.30. The first-order chi connectivity index (χ1) is 20.2. The Morgan fingerprint density at radius 1 is 1.24 bits per heavy atom. The largest absolute Gasteiger partial charge is 0.453 e. The number of hydrogen-bond acceptors (Lipinski definition) is 7. The van der Waals surface area contributed by atoms with Gasteiger partial charge in [-0.3, -0.25) is 13.8 Å². The smallest absolute Gasteiger partial charge is 0.407 e. The van der Waals surface area contributed by atoms with Crippen LogP contribution < -0.4 is 11.0 Å². The number of aromatic amines is 1.